The van der Waals surface area contributed by atoms with Crippen molar-refractivity contribution in [2.75, 3.05) is 19.6 Å². The maximum absolute atomic E-state index is 11.2. The van der Waals surface area contributed by atoms with Gasteiger partial charge in [-0.05, 0) is 31.5 Å². The Morgan fingerprint density at radius 2 is 1.65 bits per heavy atom. The summed E-state index contributed by atoms with van der Waals surface area (Å²) in [6.07, 6.45) is 5.51. The molecule has 0 aromatic heterocycles. The van der Waals surface area contributed by atoms with E-state index in [1.54, 1.807) is 0 Å². The fourth-order valence-electron chi connectivity index (χ4n) is 3.52. The summed E-state index contributed by atoms with van der Waals surface area (Å²) in [6.45, 7) is 7.48. The molecular formula is C18H29NO. The van der Waals surface area contributed by atoms with Gasteiger partial charge in [-0.1, -0.05) is 63.4 Å². The first-order valence-electron chi connectivity index (χ1n) is 8.19. The molecule has 2 rings (SSSR count). The minimum atomic E-state index is -0.512. The average Bonchev–Trinajstić information content (AvgIpc) is 2.50. The number of rotatable bonds is 6. The van der Waals surface area contributed by atoms with Gasteiger partial charge in [0, 0.05) is 12.5 Å². The maximum atomic E-state index is 11.2. The van der Waals surface area contributed by atoms with Crippen LogP contribution in [0.4, 0.5) is 0 Å². The van der Waals surface area contributed by atoms with Crippen LogP contribution in [0.2, 0.25) is 0 Å². The Kier molecular flexibility index (Phi) is 5.62. The van der Waals surface area contributed by atoms with Crippen LogP contribution in [0.5, 0.6) is 0 Å². The maximum Gasteiger partial charge on any atom is 0.0728 e. The van der Waals surface area contributed by atoms with Gasteiger partial charge in [-0.2, -0.15) is 0 Å². The lowest BCUT2D eigenvalue weighted by molar-refractivity contribution is -0.0302. The van der Waals surface area contributed by atoms with Crippen molar-refractivity contribution in [2.45, 2.75) is 57.5 Å². The van der Waals surface area contributed by atoms with E-state index in [2.05, 4.69) is 49.1 Å². The van der Waals surface area contributed by atoms with Crippen LogP contribution in [0.3, 0.4) is 0 Å². The van der Waals surface area contributed by atoms with Crippen LogP contribution in [-0.4, -0.2) is 35.2 Å². The van der Waals surface area contributed by atoms with Crippen LogP contribution in [0.15, 0.2) is 30.3 Å². The van der Waals surface area contributed by atoms with Crippen molar-refractivity contribution in [3.8, 4) is 0 Å². The van der Waals surface area contributed by atoms with Gasteiger partial charge in [0.15, 0.2) is 0 Å². The molecule has 0 heterocycles. The van der Waals surface area contributed by atoms with E-state index in [1.165, 1.54) is 12.0 Å². The molecule has 1 saturated carbocycles. The molecule has 1 N–H and O–H groups in total. The zero-order valence-electron chi connectivity index (χ0n) is 13.0. The second kappa shape index (κ2) is 7.24. The SMILES string of the molecule is CCN(CC)C[C@H](c1ccccc1)C1(O)CCCCC1. The Hall–Kier alpha value is -0.860. The molecule has 1 aromatic carbocycles. The van der Waals surface area contributed by atoms with Crippen molar-refractivity contribution in [2.24, 2.45) is 0 Å². The predicted octanol–water partition coefficient (Wildman–Crippen LogP) is 3.81. The normalized spacial score (nSPS) is 20.0. The monoisotopic (exact) mass is 275 g/mol. The number of hydrogen-bond donors (Lipinski definition) is 1. The van der Waals surface area contributed by atoms with Gasteiger partial charge >= 0.3 is 0 Å². The highest BCUT2D eigenvalue weighted by atomic mass is 16.3. The summed E-state index contributed by atoms with van der Waals surface area (Å²) in [5.41, 5.74) is 0.783. The number of likely N-dealkylation sites (N-methyl/N-ethyl adjacent to an activating group) is 1. The summed E-state index contributed by atoms with van der Waals surface area (Å²) in [5.74, 6) is 0.240. The van der Waals surface area contributed by atoms with Crippen molar-refractivity contribution >= 4 is 0 Å². The van der Waals surface area contributed by atoms with Crippen LogP contribution in [-0.2, 0) is 0 Å². The molecule has 1 atom stereocenters. The predicted molar refractivity (Wildman–Crippen MR) is 85.0 cm³/mol. The molecule has 0 aliphatic heterocycles. The third-order valence-electron chi connectivity index (χ3n) is 4.91. The Labute approximate surface area is 123 Å². The van der Waals surface area contributed by atoms with Gasteiger partial charge in [-0.15, -0.1) is 0 Å². The molecule has 2 heteroatoms. The molecule has 0 bridgehead atoms. The largest absolute Gasteiger partial charge is 0.389 e. The van der Waals surface area contributed by atoms with E-state index in [0.717, 1.165) is 45.3 Å². The molecule has 20 heavy (non-hydrogen) atoms. The highest BCUT2D eigenvalue weighted by Crippen LogP contribution is 2.40. The second-order valence-corrected chi connectivity index (χ2v) is 6.11. The van der Waals surface area contributed by atoms with Crippen molar-refractivity contribution in [3.05, 3.63) is 35.9 Å². The Morgan fingerprint density at radius 3 is 2.20 bits per heavy atom. The molecule has 1 aliphatic rings. The number of aliphatic hydroxyl groups is 1. The van der Waals surface area contributed by atoms with Gasteiger partial charge in [0.1, 0.15) is 0 Å². The van der Waals surface area contributed by atoms with Crippen LogP contribution in [0, 0.1) is 0 Å². The number of hydrogen-bond acceptors (Lipinski definition) is 2. The molecule has 1 fully saturated rings. The first kappa shape index (κ1) is 15.5. The van der Waals surface area contributed by atoms with E-state index >= 15 is 0 Å². The summed E-state index contributed by atoms with van der Waals surface area (Å²) in [7, 11) is 0. The quantitative estimate of drug-likeness (QED) is 0.853. The summed E-state index contributed by atoms with van der Waals surface area (Å²) in [6, 6.07) is 10.6. The number of benzene rings is 1. The summed E-state index contributed by atoms with van der Waals surface area (Å²) in [5, 5.41) is 11.2. The minimum Gasteiger partial charge on any atom is -0.389 e. The molecular weight excluding hydrogens is 246 g/mol. The van der Waals surface area contributed by atoms with Gasteiger partial charge in [-0.25, -0.2) is 0 Å². The molecule has 1 aliphatic carbocycles. The van der Waals surface area contributed by atoms with E-state index in [-0.39, 0.29) is 5.92 Å². The van der Waals surface area contributed by atoms with E-state index in [9.17, 15) is 5.11 Å². The van der Waals surface area contributed by atoms with E-state index in [4.69, 9.17) is 0 Å². The Bertz CT molecular complexity index is 380. The van der Waals surface area contributed by atoms with Crippen LogP contribution < -0.4 is 0 Å². The molecule has 0 amide bonds. The zero-order valence-corrected chi connectivity index (χ0v) is 13.0. The van der Waals surface area contributed by atoms with Crippen molar-refractivity contribution in [1.82, 2.24) is 4.90 Å². The van der Waals surface area contributed by atoms with Gasteiger partial charge < -0.3 is 10.0 Å². The minimum absolute atomic E-state index is 0.240. The topological polar surface area (TPSA) is 23.5 Å². The highest BCUT2D eigenvalue weighted by Gasteiger charge is 2.39. The lowest BCUT2D eigenvalue weighted by atomic mass is 9.72. The third kappa shape index (κ3) is 3.62. The van der Waals surface area contributed by atoms with Crippen molar-refractivity contribution in [3.63, 3.8) is 0 Å². The van der Waals surface area contributed by atoms with Gasteiger partial charge in [0.05, 0.1) is 5.60 Å². The third-order valence-corrected chi connectivity index (χ3v) is 4.91. The summed E-state index contributed by atoms with van der Waals surface area (Å²) in [4.78, 5) is 2.43. The molecule has 0 unspecified atom stereocenters. The summed E-state index contributed by atoms with van der Waals surface area (Å²) >= 11 is 0. The van der Waals surface area contributed by atoms with E-state index in [1.807, 2.05) is 0 Å². The Balaban J connectivity index is 2.23. The molecule has 1 aromatic rings. The first-order valence-corrected chi connectivity index (χ1v) is 8.19. The molecule has 2 nitrogen and oxygen atoms in total. The fourth-order valence-corrected chi connectivity index (χ4v) is 3.52. The smallest absolute Gasteiger partial charge is 0.0728 e. The molecule has 0 saturated heterocycles. The molecule has 112 valence electrons. The highest BCUT2D eigenvalue weighted by molar-refractivity contribution is 5.24. The number of nitrogens with zero attached hydrogens (tertiary/aromatic N) is 1. The molecule has 0 spiro atoms. The van der Waals surface area contributed by atoms with Gasteiger partial charge in [0.2, 0.25) is 0 Å². The lowest BCUT2D eigenvalue weighted by Crippen LogP contribution is -2.44. The van der Waals surface area contributed by atoms with Crippen molar-refractivity contribution in [1.29, 1.82) is 0 Å². The van der Waals surface area contributed by atoms with Crippen molar-refractivity contribution < 1.29 is 5.11 Å². The van der Waals surface area contributed by atoms with Crippen LogP contribution >= 0.6 is 0 Å². The first-order chi connectivity index (χ1) is 9.69. The van der Waals surface area contributed by atoms with Gasteiger partial charge in [0.25, 0.3) is 0 Å². The standard InChI is InChI=1S/C18H29NO/c1-3-19(4-2)15-17(16-11-7-5-8-12-16)18(20)13-9-6-10-14-18/h5,7-8,11-12,17,20H,3-4,6,9-10,13-15H2,1-2H3/t17-/m1/s1. The zero-order chi connectivity index (χ0) is 14.4. The second-order valence-electron chi connectivity index (χ2n) is 6.11. The van der Waals surface area contributed by atoms with Crippen LogP contribution in [0.1, 0.15) is 57.4 Å². The Morgan fingerprint density at radius 1 is 1.05 bits per heavy atom. The van der Waals surface area contributed by atoms with E-state index < -0.39 is 5.60 Å². The molecule has 0 radical (unpaired) electrons. The van der Waals surface area contributed by atoms with Crippen LogP contribution in [0.25, 0.3) is 0 Å². The average molecular weight is 275 g/mol. The lowest BCUT2D eigenvalue weighted by Gasteiger charge is -2.41. The van der Waals surface area contributed by atoms with Gasteiger partial charge in [-0.3, -0.25) is 0 Å². The summed E-state index contributed by atoms with van der Waals surface area (Å²) < 4.78 is 0. The fraction of sp³-hybridized carbons (Fsp3) is 0.667. The van der Waals surface area contributed by atoms with E-state index in [0.29, 0.717) is 0 Å².